The number of likely N-dealkylation sites (N-methyl/N-ethyl adjacent to an activating group) is 1. The van der Waals surface area contributed by atoms with Crippen LogP contribution in [0, 0.1) is 5.92 Å². The molecule has 1 fully saturated rings. The minimum absolute atomic E-state index is 0.300. The van der Waals surface area contributed by atoms with Gasteiger partial charge in [0, 0.05) is 5.56 Å². The highest BCUT2D eigenvalue weighted by Gasteiger charge is 2.43. The highest BCUT2D eigenvalue weighted by atomic mass is 16.1. The fourth-order valence-corrected chi connectivity index (χ4v) is 3.63. The van der Waals surface area contributed by atoms with Crippen LogP contribution < -0.4 is 0 Å². The van der Waals surface area contributed by atoms with Crippen molar-refractivity contribution in [2.24, 2.45) is 5.92 Å². The maximum absolute atomic E-state index is 13.1. The molecule has 1 aliphatic carbocycles. The van der Waals surface area contributed by atoms with E-state index in [4.69, 9.17) is 0 Å². The number of carbonyl (C=O) groups is 1. The Labute approximate surface area is 129 Å². The van der Waals surface area contributed by atoms with E-state index in [1.54, 1.807) is 0 Å². The van der Waals surface area contributed by atoms with Crippen LogP contribution in [0.15, 0.2) is 24.3 Å². The van der Waals surface area contributed by atoms with Gasteiger partial charge in [-0.15, -0.1) is 0 Å². The van der Waals surface area contributed by atoms with E-state index in [-0.39, 0.29) is 5.54 Å². The smallest absolute Gasteiger partial charge is 0.183 e. The summed E-state index contributed by atoms with van der Waals surface area (Å²) in [6.07, 6.45) is 4.35. The molecule has 21 heavy (non-hydrogen) atoms. The third kappa shape index (κ3) is 3.21. The zero-order chi connectivity index (χ0) is 15.6. The normalized spacial score (nSPS) is 26.3. The van der Waals surface area contributed by atoms with Crippen molar-refractivity contribution < 1.29 is 4.79 Å². The van der Waals surface area contributed by atoms with Crippen molar-refractivity contribution >= 4 is 5.78 Å². The lowest BCUT2D eigenvalue weighted by Gasteiger charge is -2.43. The van der Waals surface area contributed by atoms with Gasteiger partial charge < -0.3 is 0 Å². The molecule has 1 aromatic rings. The second-order valence-electron chi connectivity index (χ2n) is 7.23. The van der Waals surface area contributed by atoms with Crippen LogP contribution in [0.4, 0.5) is 0 Å². The van der Waals surface area contributed by atoms with Crippen molar-refractivity contribution in [1.82, 2.24) is 4.90 Å². The number of nitrogens with zero attached hydrogens (tertiary/aromatic N) is 1. The average molecular weight is 287 g/mol. The Kier molecular flexibility index (Phi) is 4.88. The highest BCUT2D eigenvalue weighted by Crippen LogP contribution is 2.38. The van der Waals surface area contributed by atoms with Gasteiger partial charge in [0.1, 0.15) is 0 Å². The molecule has 0 radical (unpaired) electrons. The van der Waals surface area contributed by atoms with Crippen molar-refractivity contribution in [2.45, 2.75) is 57.9 Å². The molecule has 0 aromatic heterocycles. The molecule has 2 heteroatoms. The molecule has 1 aromatic carbocycles. The lowest BCUT2D eigenvalue weighted by Crippen LogP contribution is -2.53. The summed E-state index contributed by atoms with van der Waals surface area (Å²) < 4.78 is 0. The number of carbonyl (C=O) groups excluding carboxylic acids is 1. The number of hydrogen-bond acceptors (Lipinski definition) is 2. The highest BCUT2D eigenvalue weighted by molar-refractivity contribution is 6.03. The molecule has 0 aliphatic heterocycles. The number of ketones is 1. The third-order valence-corrected chi connectivity index (χ3v) is 5.09. The zero-order valence-electron chi connectivity index (χ0n) is 14.1. The van der Waals surface area contributed by atoms with Gasteiger partial charge in [-0.3, -0.25) is 9.69 Å². The predicted octanol–water partition coefficient (Wildman–Crippen LogP) is 4.50. The Morgan fingerprint density at radius 3 is 2.33 bits per heavy atom. The van der Waals surface area contributed by atoms with E-state index in [0.717, 1.165) is 24.8 Å². The van der Waals surface area contributed by atoms with Gasteiger partial charge in [0.15, 0.2) is 5.78 Å². The second kappa shape index (κ2) is 6.31. The summed E-state index contributed by atoms with van der Waals surface area (Å²) in [5.41, 5.74) is 1.85. The molecule has 1 aliphatic rings. The van der Waals surface area contributed by atoms with Gasteiger partial charge in [-0.25, -0.2) is 0 Å². The molecular formula is C19H29NO. The largest absolute Gasteiger partial charge is 0.297 e. The van der Waals surface area contributed by atoms with Crippen LogP contribution in [0.3, 0.4) is 0 Å². The Morgan fingerprint density at radius 1 is 1.24 bits per heavy atom. The molecule has 0 heterocycles. The van der Waals surface area contributed by atoms with Gasteiger partial charge in [-0.05, 0) is 44.3 Å². The van der Waals surface area contributed by atoms with Gasteiger partial charge in [0.05, 0.1) is 5.54 Å². The molecule has 0 spiro atoms. The quantitative estimate of drug-likeness (QED) is 0.760. The SMILES string of the molecule is CC1CCCC(C(=O)c2ccc(C(C)C)cc2)(N(C)C)C1. The van der Waals surface area contributed by atoms with E-state index in [9.17, 15) is 4.79 Å². The maximum Gasteiger partial charge on any atom is 0.183 e. The fraction of sp³-hybridized carbons (Fsp3) is 0.632. The van der Waals surface area contributed by atoms with Gasteiger partial charge in [-0.2, -0.15) is 0 Å². The van der Waals surface area contributed by atoms with Crippen molar-refractivity contribution in [3.63, 3.8) is 0 Å². The van der Waals surface area contributed by atoms with E-state index in [2.05, 4.69) is 51.9 Å². The number of Topliss-reactive ketones (excluding diaryl/α,β-unsaturated/α-hetero) is 1. The first kappa shape index (κ1) is 16.2. The van der Waals surface area contributed by atoms with Crippen LogP contribution in [0.5, 0.6) is 0 Å². The topological polar surface area (TPSA) is 20.3 Å². The monoisotopic (exact) mass is 287 g/mol. The molecule has 0 bridgehead atoms. The summed E-state index contributed by atoms with van der Waals surface area (Å²) in [5, 5.41) is 0. The number of rotatable bonds is 4. The Hall–Kier alpha value is -1.15. The minimum atomic E-state index is -0.309. The first-order valence-electron chi connectivity index (χ1n) is 8.19. The van der Waals surface area contributed by atoms with Crippen molar-refractivity contribution in [2.75, 3.05) is 14.1 Å². The first-order valence-corrected chi connectivity index (χ1v) is 8.19. The third-order valence-electron chi connectivity index (χ3n) is 5.09. The van der Waals surface area contributed by atoms with Crippen molar-refractivity contribution in [1.29, 1.82) is 0 Å². The summed E-state index contributed by atoms with van der Waals surface area (Å²) in [6.45, 7) is 6.63. The van der Waals surface area contributed by atoms with Gasteiger partial charge in [0.2, 0.25) is 0 Å². The van der Waals surface area contributed by atoms with Crippen LogP contribution in [0.2, 0.25) is 0 Å². The summed E-state index contributed by atoms with van der Waals surface area (Å²) >= 11 is 0. The summed E-state index contributed by atoms with van der Waals surface area (Å²) in [7, 11) is 4.11. The molecule has 1 saturated carbocycles. The summed E-state index contributed by atoms with van der Waals surface area (Å²) in [5.74, 6) is 1.43. The number of hydrogen-bond donors (Lipinski definition) is 0. The molecule has 116 valence electrons. The Morgan fingerprint density at radius 2 is 1.86 bits per heavy atom. The molecule has 0 amide bonds. The molecule has 2 unspecified atom stereocenters. The average Bonchev–Trinajstić information content (AvgIpc) is 2.46. The predicted molar refractivity (Wildman–Crippen MR) is 88.9 cm³/mol. The van der Waals surface area contributed by atoms with E-state index in [1.807, 2.05) is 12.1 Å². The lowest BCUT2D eigenvalue weighted by molar-refractivity contribution is 0.0486. The van der Waals surface area contributed by atoms with Gasteiger partial charge in [0.25, 0.3) is 0 Å². The Balaban J connectivity index is 2.30. The minimum Gasteiger partial charge on any atom is -0.297 e. The van der Waals surface area contributed by atoms with Crippen LogP contribution >= 0.6 is 0 Å². The second-order valence-corrected chi connectivity index (χ2v) is 7.23. The summed E-state index contributed by atoms with van der Waals surface area (Å²) in [4.78, 5) is 15.3. The van der Waals surface area contributed by atoms with E-state index in [1.165, 1.54) is 12.0 Å². The van der Waals surface area contributed by atoms with Crippen LogP contribution in [-0.2, 0) is 0 Å². The van der Waals surface area contributed by atoms with Crippen molar-refractivity contribution in [3.8, 4) is 0 Å². The van der Waals surface area contributed by atoms with Gasteiger partial charge >= 0.3 is 0 Å². The van der Waals surface area contributed by atoms with E-state index >= 15 is 0 Å². The number of benzene rings is 1. The summed E-state index contributed by atoms with van der Waals surface area (Å²) in [6, 6.07) is 8.24. The van der Waals surface area contributed by atoms with Crippen molar-refractivity contribution in [3.05, 3.63) is 35.4 Å². The van der Waals surface area contributed by atoms with Crippen LogP contribution in [-0.4, -0.2) is 30.3 Å². The van der Waals surface area contributed by atoms with E-state index in [0.29, 0.717) is 17.6 Å². The van der Waals surface area contributed by atoms with Crippen LogP contribution in [0.1, 0.15) is 68.3 Å². The van der Waals surface area contributed by atoms with Gasteiger partial charge in [-0.1, -0.05) is 57.9 Å². The standard InChI is InChI=1S/C19H29NO/c1-14(2)16-8-10-17(11-9-16)18(21)19(20(4)5)12-6-7-15(3)13-19/h8-11,14-15H,6-7,12-13H2,1-5H3. The maximum atomic E-state index is 13.1. The van der Waals surface area contributed by atoms with Crippen LogP contribution in [0.25, 0.3) is 0 Å². The molecule has 2 rings (SSSR count). The molecule has 2 atom stereocenters. The molecule has 2 nitrogen and oxygen atoms in total. The lowest BCUT2D eigenvalue weighted by atomic mass is 9.71. The zero-order valence-corrected chi connectivity index (χ0v) is 14.1. The van der Waals surface area contributed by atoms with E-state index < -0.39 is 0 Å². The first-order chi connectivity index (χ1) is 9.86. The molecule has 0 N–H and O–H groups in total. The molecular weight excluding hydrogens is 258 g/mol. The molecule has 0 saturated heterocycles. The fourth-order valence-electron chi connectivity index (χ4n) is 3.63. The Bertz CT molecular complexity index is 489.